The van der Waals surface area contributed by atoms with E-state index in [1.807, 2.05) is 54.7 Å². The molecule has 0 atom stereocenters. The molecule has 189 valence electrons. The van der Waals surface area contributed by atoms with Crippen molar-refractivity contribution >= 4 is 0 Å². The van der Waals surface area contributed by atoms with Gasteiger partial charge in [0.1, 0.15) is 0 Å². The summed E-state index contributed by atoms with van der Waals surface area (Å²) in [6.07, 6.45) is -1.32. The van der Waals surface area contributed by atoms with E-state index >= 15 is 0 Å². The maximum absolute atomic E-state index is 12.9. The summed E-state index contributed by atoms with van der Waals surface area (Å²) in [5.74, 6) is 0. The molecule has 3 aromatic carbocycles. The van der Waals surface area contributed by atoms with Crippen molar-refractivity contribution in [1.82, 2.24) is 9.97 Å². The Bertz CT molecular complexity index is 1340. The molecule has 37 heavy (non-hydrogen) atoms. The van der Waals surface area contributed by atoms with E-state index in [1.165, 1.54) is 29.5 Å². The first-order valence-corrected chi connectivity index (χ1v) is 11.0. The molecule has 0 N–H and O–H groups in total. The van der Waals surface area contributed by atoms with Crippen LogP contribution in [0.5, 0.6) is 0 Å². The fraction of sp³-hybridized carbons (Fsp3) is 0.0667. The third-order valence-electron chi connectivity index (χ3n) is 5.23. The van der Waals surface area contributed by atoms with Gasteiger partial charge in [-0.3, -0.25) is 4.39 Å². The second-order valence-electron chi connectivity index (χ2n) is 7.71. The van der Waals surface area contributed by atoms with Crippen LogP contribution in [0.3, 0.4) is 0 Å². The molecule has 5 aromatic rings. The SMILES string of the molecule is FCc1c[c-]c(-c2ccccn2)c(C(F)(F)F)c1.[Ir].[c-]1ccccc1-c1cc(-c2ccccc2)ccn1. The zero-order chi connectivity index (χ0) is 25.4. The second-order valence-corrected chi connectivity index (χ2v) is 7.71. The predicted octanol–water partition coefficient (Wildman–Crippen LogP) is 8.25. The first-order chi connectivity index (χ1) is 17.5. The van der Waals surface area contributed by atoms with Crippen molar-refractivity contribution in [1.29, 1.82) is 0 Å². The number of benzene rings is 3. The minimum atomic E-state index is -4.56. The van der Waals surface area contributed by atoms with Gasteiger partial charge in [0, 0.05) is 32.5 Å². The zero-order valence-electron chi connectivity index (χ0n) is 19.3. The van der Waals surface area contributed by atoms with E-state index in [2.05, 4.69) is 40.3 Å². The minimum absolute atomic E-state index is 0. The first-order valence-electron chi connectivity index (χ1n) is 11.0. The Morgan fingerprint density at radius 2 is 1.43 bits per heavy atom. The van der Waals surface area contributed by atoms with Crippen LogP contribution in [0.1, 0.15) is 11.1 Å². The largest absolute Gasteiger partial charge is 0.381 e. The van der Waals surface area contributed by atoms with Gasteiger partial charge in [-0.15, -0.1) is 59.7 Å². The quantitative estimate of drug-likeness (QED) is 0.142. The maximum atomic E-state index is 12.9. The third-order valence-corrected chi connectivity index (χ3v) is 5.23. The van der Waals surface area contributed by atoms with Crippen molar-refractivity contribution in [2.45, 2.75) is 12.9 Å². The van der Waals surface area contributed by atoms with Gasteiger partial charge in [-0.25, -0.2) is 0 Å². The molecule has 0 saturated carbocycles. The molecule has 0 bridgehead atoms. The Hall–Kier alpha value is -3.67. The fourth-order valence-electron chi connectivity index (χ4n) is 3.51. The standard InChI is InChI=1S/C17H12N.C13H8F4N.Ir/c1-3-7-14(8-4-1)16-11-12-18-17(13-16)15-9-5-2-6-10-15;14-8-9-4-5-10(11(7-9)13(15,16)17)12-3-1-2-6-18-12;/h1-9,11-13H;1-4,6-7H,8H2;/q2*-1;. The molecule has 0 unspecified atom stereocenters. The Kier molecular flexibility index (Phi) is 9.84. The van der Waals surface area contributed by atoms with Gasteiger partial charge in [0.15, 0.2) is 0 Å². The number of rotatable bonds is 4. The zero-order valence-corrected chi connectivity index (χ0v) is 21.7. The summed E-state index contributed by atoms with van der Waals surface area (Å²) in [5.41, 5.74) is 3.39. The summed E-state index contributed by atoms with van der Waals surface area (Å²) >= 11 is 0. The topological polar surface area (TPSA) is 25.8 Å². The molecule has 2 heterocycles. The molecule has 0 aliphatic heterocycles. The van der Waals surface area contributed by atoms with Gasteiger partial charge >= 0.3 is 6.18 Å². The maximum Gasteiger partial charge on any atom is 0.381 e. The van der Waals surface area contributed by atoms with Crippen molar-refractivity contribution in [2.75, 3.05) is 0 Å². The average Bonchev–Trinajstić information content (AvgIpc) is 2.94. The Labute approximate surface area is 226 Å². The van der Waals surface area contributed by atoms with E-state index in [0.717, 1.165) is 17.3 Å². The Balaban J connectivity index is 0.000000200. The van der Waals surface area contributed by atoms with Crippen LogP contribution >= 0.6 is 0 Å². The van der Waals surface area contributed by atoms with E-state index in [4.69, 9.17) is 0 Å². The number of nitrogens with zero attached hydrogens (tertiary/aromatic N) is 2. The van der Waals surface area contributed by atoms with E-state index in [0.29, 0.717) is 0 Å². The molecular formula is C30H20F4IrN2-2. The van der Waals surface area contributed by atoms with Crippen LogP contribution < -0.4 is 0 Å². The minimum Gasteiger partial charge on any atom is -0.305 e. The van der Waals surface area contributed by atoms with Gasteiger partial charge in [0.2, 0.25) is 0 Å². The molecule has 0 spiro atoms. The van der Waals surface area contributed by atoms with Crippen LogP contribution in [0.2, 0.25) is 0 Å². The summed E-state index contributed by atoms with van der Waals surface area (Å²) in [7, 11) is 0. The number of pyridine rings is 2. The summed E-state index contributed by atoms with van der Waals surface area (Å²) in [5, 5.41) is 0. The van der Waals surface area contributed by atoms with Crippen molar-refractivity contribution in [2.24, 2.45) is 0 Å². The number of hydrogen-bond donors (Lipinski definition) is 0. The average molecular weight is 677 g/mol. The van der Waals surface area contributed by atoms with Crippen LogP contribution in [-0.2, 0) is 33.0 Å². The predicted molar refractivity (Wildman–Crippen MR) is 132 cm³/mol. The van der Waals surface area contributed by atoms with Crippen molar-refractivity contribution in [3.8, 4) is 33.6 Å². The molecule has 0 saturated heterocycles. The fourth-order valence-corrected chi connectivity index (χ4v) is 3.51. The van der Waals surface area contributed by atoms with Crippen molar-refractivity contribution in [3.63, 3.8) is 0 Å². The molecule has 1 radical (unpaired) electrons. The second kappa shape index (κ2) is 13.0. The van der Waals surface area contributed by atoms with E-state index in [-0.39, 0.29) is 36.9 Å². The first kappa shape index (κ1) is 27.9. The van der Waals surface area contributed by atoms with Crippen LogP contribution in [-0.4, -0.2) is 9.97 Å². The number of alkyl halides is 4. The molecule has 5 rings (SSSR count). The molecule has 0 amide bonds. The van der Waals surface area contributed by atoms with Crippen molar-refractivity contribution in [3.05, 3.63) is 133 Å². The molecule has 2 aromatic heterocycles. The summed E-state index contributed by atoms with van der Waals surface area (Å²) in [6, 6.07) is 34.7. The smallest absolute Gasteiger partial charge is 0.305 e. The Morgan fingerprint density at radius 3 is 2.08 bits per heavy atom. The van der Waals surface area contributed by atoms with Crippen LogP contribution in [0.25, 0.3) is 33.6 Å². The third kappa shape index (κ3) is 7.42. The van der Waals surface area contributed by atoms with Gasteiger partial charge in [-0.2, -0.15) is 13.2 Å². The molecule has 7 heteroatoms. The van der Waals surface area contributed by atoms with Gasteiger partial charge in [-0.05, 0) is 40.2 Å². The number of aromatic nitrogens is 2. The van der Waals surface area contributed by atoms with Crippen LogP contribution in [0, 0.1) is 12.1 Å². The number of halogens is 4. The summed E-state index contributed by atoms with van der Waals surface area (Å²) in [4.78, 5) is 8.26. The van der Waals surface area contributed by atoms with Gasteiger partial charge in [-0.1, -0.05) is 54.1 Å². The van der Waals surface area contributed by atoms with E-state index in [9.17, 15) is 17.6 Å². The molecule has 0 fully saturated rings. The van der Waals surface area contributed by atoms with Crippen LogP contribution in [0.15, 0.2) is 109 Å². The normalized spacial score (nSPS) is 10.6. The monoisotopic (exact) mass is 677 g/mol. The molecule has 2 nitrogen and oxygen atoms in total. The molecule has 0 aliphatic rings. The number of hydrogen-bond acceptors (Lipinski definition) is 2. The van der Waals surface area contributed by atoms with E-state index in [1.54, 1.807) is 12.1 Å². The Morgan fingerprint density at radius 1 is 0.703 bits per heavy atom. The van der Waals surface area contributed by atoms with Crippen LogP contribution in [0.4, 0.5) is 17.6 Å². The summed E-state index contributed by atoms with van der Waals surface area (Å²) in [6.45, 7) is -0.956. The van der Waals surface area contributed by atoms with E-state index < -0.39 is 18.4 Å². The van der Waals surface area contributed by atoms with Gasteiger partial charge in [0.25, 0.3) is 0 Å². The van der Waals surface area contributed by atoms with Gasteiger partial charge < -0.3 is 9.97 Å². The molecule has 0 aliphatic carbocycles. The van der Waals surface area contributed by atoms with Crippen molar-refractivity contribution < 1.29 is 37.7 Å². The van der Waals surface area contributed by atoms with Gasteiger partial charge in [0.05, 0.1) is 6.67 Å². The summed E-state index contributed by atoms with van der Waals surface area (Å²) < 4.78 is 51.1. The molecular weight excluding hydrogens is 657 g/mol.